The van der Waals surface area contributed by atoms with Crippen LogP contribution in [0.5, 0.6) is 0 Å². The molecule has 3 atom stereocenters. The molecule has 1 N–H and O–H groups in total. The van der Waals surface area contributed by atoms with Gasteiger partial charge in [0.05, 0.1) is 12.5 Å². The zero-order valence-corrected chi connectivity index (χ0v) is 13.9. The molecule has 6 nitrogen and oxygen atoms in total. The molecule has 0 radical (unpaired) electrons. The molecular weight excluding hydrogens is 306 g/mol. The van der Waals surface area contributed by atoms with Crippen molar-refractivity contribution in [1.29, 1.82) is 0 Å². The minimum absolute atomic E-state index is 0. The number of rotatable bonds is 4. The van der Waals surface area contributed by atoms with E-state index in [-0.39, 0.29) is 30.1 Å². The van der Waals surface area contributed by atoms with E-state index in [2.05, 4.69) is 5.32 Å². The molecule has 0 spiro atoms. The molecule has 3 fully saturated rings. The second-order valence-corrected chi connectivity index (χ2v) is 6.44. The zero-order valence-electron chi connectivity index (χ0n) is 13.1. The topological polar surface area (TPSA) is 61.9 Å². The van der Waals surface area contributed by atoms with E-state index < -0.39 is 0 Å². The van der Waals surface area contributed by atoms with Gasteiger partial charge >= 0.3 is 0 Å². The van der Waals surface area contributed by atoms with Gasteiger partial charge in [-0.25, -0.2) is 0 Å². The average Bonchev–Trinajstić information content (AvgIpc) is 2.99. The molecule has 0 aromatic heterocycles. The second-order valence-electron chi connectivity index (χ2n) is 6.44. The smallest absolute Gasteiger partial charge is 0.228 e. The van der Waals surface area contributed by atoms with Crippen molar-refractivity contribution in [3.63, 3.8) is 0 Å². The molecule has 3 unspecified atom stereocenters. The highest BCUT2D eigenvalue weighted by Gasteiger charge is 2.38. The van der Waals surface area contributed by atoms with Crippen molar-refractivity contribution >= 4 is 24.2 Å². The van der Waals surface area contributed by atoms with E-state index in [0.29, 0.717) is 38.2 Å². The van der Waals surface area contributed by atoms with Gasteiger partial charge in [-0.3, -0.25) is 9.59 Å². The lowest BCUT2D eigenvalue weighted by Gasteiger charge is -2.27. The van der Waals surface area contributed by atoms with Crippen LogP contribution in [0, 0.1) is 5.92 Å². The van der Waals surface area contributed by atoms with Crippen molar-refractivity contribution in [2.24, 2.45) is 5.92 Å². The second kappa shape index (κ2) is 7.62. The number of amides is 2. The third kappa shape index (κ3) is 3.73. The number of carbonyl (C=O) groups excluding carboxylic acids is 2. The van der Waals surface area contributed by atoms with Crippen LogP contribution >= 0.6 is 12.4 Å². The molecule has 3 aliphatic rings. The summed E-state index contributed by atoms with van der Waals surface area (Å²) in [6, 6.07) is 1.03. The fraction of sp³-hybridized carbons (Fsp3) is 0.867. The Balaban J connectivity index is 0.00000176. The van der Waals surface area contributed by atoms with Gasteiger partial charge in [-0.1, -0.05) is 0 Å². The van der Waals surface area contributed by atoms with Crippen LogP contribution in [-0.2, 0) is 14.3 Å². The van der Waals surface area contributed by atoms with Gasteiger partial charge in [-0.2, -0.15) is 0 Å². The van der Waals surface area contributed by atoms with Crippen LogP contribution in [-0.4, -0.2) is 73.6 Å². The summed E-state index contributed by atoms with van der Waals surface area (Å²) in [7, 11) is 1.63. The number of methoxy groups -OCH3 is 1. The van der Waals surface area contributed by atoms with Crippen LogP contribution in [0.15, 0.2) is 0 Å². The number of nitrogens with one attached hydrogen (secondary N) is 1. The number of likely N-dealkylation sites (tertiary alicyclic amines) is 2. The summed E-state index contributed by atoms with van der Waals surface area (Å²) in [5.74, 6) is 0.0865. The SMILES string of the molecule is COCCN1CC(C(=O)N2CCC3CCC(C2)N3)CC1=O.Cl. The van der Waals surface area contributed by atoms with Gasteiger partial charge < -0.3 is 19.9 Å². The summed E-state index contributed by atoms with van der Waals surface area (Å²) in [5, 5.41) is 3.59. The van der Waals surface area contributed by atoms with Gasteiger partial charge in [0.2, 0.25) is 11.8 Å². The molecule has 0 aromatic rings. The summed E-state index contributed by atoms with van der Waals surface area (Å²) in [6.07, 6.45) is 3.80. The highest BCUT2D eigenvalue weighted by molar-refractivity contribution is 5.89. The molecule has 0 aromatic carbocycles. The number of hydrogen-bond acceptors (Lipinski definition) is 4. The first-order valence-electron chi connectivity index (χ1n) is 7.99. The summed E-state index contributed by atoms with van der Waals surface area (Å²) >= 11 is 0. The highest BCUT2D eigenvalue weighted by Crippen LogP contribution is 2.24. The summed E-state index contributed by atoms with van der Waals surface area (Å²) in [4.78, 5) is 28.4. The Morgan fingerprint density at radius 1 is 1.27 bits per heavy atom. The molecule has 2 bridgehead atoms. The van der Waals surface area contributed by atoms with E-state index in [1.165, 1.54) is 6.42 Å². The summed E-state index contributed by atoms with van der Waals surface area (Å²) < 4.78 is 5.02. The maximum atomic E-state index is 12.7. The zero-order chi connectivity index (χ0) is 14.8. The lowest BCUT2D eigenvalue weighted by atomic mass is 10.0. The van der Waals surface area contributed by atoms with Crippen molar-refractivity contribution in [1.82, 2.24) is 15.1 Å². The van der Waals surface area contributed by atoms with E-state index in [9.17, 15) is 9.59 Å². The normalized spacial score (nSPS) is 31.1. The van der Waals surface area contributed by atoms with Crippen LogP contribution in [0.3, 0.4) is 0 Å². The maximum Gasteiger partial charge on any atom is 0.228 e. The Morgan fingerprint density at radius 2 is 2.05 bits per heavy atom. The first-order chi connectivity index (χ1) is 10.2. The number of fused-ring (bicyclic) bond motifs is 2. The van der Waals surface area contributed by atoms with E-state index in [4.69, 9.17) is 4.74 Å². The van der Waals surface area contributed by atoms with Crippen molar-refractivity contribution in [3.8, 4) is 0 Å². The Bertz CT molecular complexity index is 421. The summed E-state index contributed by atoms with van der Waals surface area (Å²) in [5.41, 5.74) is 0. The maximum absolute atomic E-state index is 12.7. The Morgan fingerprint density at radius 3 is 2.82 bits per heavy atom. The molecule has 3 heterocycles. The Hall–Kier alpha value is -0.850. The molecular formula is C15H26ClN3O3. The largest absolute Gasteiger partial charge is 0.383 e. The van der Waals surface area contributed by atoms with Gasteiger partial charge in [-0.15, -0.1) is 12.4 Å². The first kappa shape index (κ1) is 17.5. The fourth-order valence-electron chi connectivity index (χ4n) is 3.76. The monoisotopic (exact) mass is 331 g/mol. The summed E-state index contributed by atoms with van der Waals surface area (Å²) in [6.45, 7) is 3.31. The number of carbonyl (C=O) groups is 2. The van der Waals surface area contributed by atoms with E-state index in [0.717, 1.165) is 25.9 Å². The molecule has 0 saturated carbocycles. The van der Waals surface area contributed by atoms with Crippen LogP contribution in [0.25, 0.3) is 0 Å². The molecule has 0 aliphatic carbocycles. The molecule has 2 amide bonds. The molecule has 3 aliphatic heterocycles. The van der Waals surface area contributed by atoms with Crippen LogP contribution < -0.4 is 5.32 Å². The van der Waals surface area contributed by atoms with Crippen LogP contribution in [0.2, 0.25) is 0 Å². The van der Waals surface area contributed by atoms with Crippen molar-refractivity contribution in [2.45, 2.75) is 37.8 Å². The third-order valence-corrected chi connectivity index (χ3v) is 4.96. The minimum atomic E-state index is -0.161. The predicted molar refractivity (Wildman–Crippen MR) is 85.0 cm³/mol. The molecule has 7 heteroatoms. The van der Waals surface area contributed by atoms with Crippen molar-refractivity contribution < 1.29 is 14.3 Å². The van der Waals surface area contributed by atoms with Crippen LogP contribution in [0.4, 0.5) is 0 Å². The van der Waals surface area contributed by atoms with E-state index in [1.54, 1.807) is 12.0 Å². The highest BCUT2D eigenvalue weighted by atomic mass is 35.5. The minimum Gasteiger partial charge on any atom is -0.383 e. The number of halogens is 1. The van der Waals surface area contributed by atoms with Gasteiger partial charge in [0.15, 0.2) is 0 Å². The van der Waals surface area contributed by atoms with Crippen molar-refractivity contribution in [2.75, 3.05) is 39.9 Å². The molecule has 3 rings (SSSR count). The van der Waals surface area contributed by atoms with Gasteiger partial charge in [0.25, 0.3) is 0 Å². The Kier molecular flexibility index (Phi) is 6.06. The lowest BCUT2D eigenvalue weighted by molar-refractivity contribution is -0.136. The Labute approximate surface area is 137 Å². The molecule has 22 heavy (non-hydrogen) atoms. The van der Waals surface area contributed by atoms with Gasteiger partial charge in [0.1, 0.15) is 0 Å². The number of ether oxygens (including phenoxy) is 1. The lowest BCUT2D eigenvalue weighted by Crippen LogP contribution is -2.42. The van der Waals surface area contributed by atoms with Gasteiger partial charge in [0, 0.05) is 51.8 Å². The standard InChI is InChI=1S/C15H25N3O3.ClH/c1-21-7-6-17-9-11(8-14(17)19)15(20)18-5-4-12-2-3-13(10-18)16-12;/h11-13,16H,2-10H2,1H3;1H. The molecule has 3 saturated heterocycles. The van der Waals surface area contributed by atoms with E-state index in [1.807, 2.05) is 4.90 Å². The third-order valence-electron chi connectivity index (χ3n) is 4.96. The van der Waals surface area contributed by atoms with Crippen molar-refractivity contribution in [3.05, 3.63) is 0 Å². The van der Waals surface area contributed by atoms with E-state index >= 15 is 0 Å². The van der Waals surface area contributed by atoms with Gasteiger partial charge in [-0.05, 0) is 19.3 Å². The molecule has 126 valence electrons. The number of hydrogen-bond donors (Lipinski definition) is 1. The fourth-order valence-corrected chi connectivity index (χ4v) is 3.76. The first-order valence-corrected chi connectivity index (χ1v) is 7.99. The predicted octanol–water partition coefficient (Wildman–Crippen LogP) is 0.256. The number of nitrogens with zero attached hydrogens (tertiary/aromatic N) is 2. The quantitative estimate of drug-likeness (QED) is 0.802. The average molecular weight is 332 g/mol. The van der Waals surface area contributed by atoms with Crippen LogP contribution in [0.1, 0.15) is 25.7 Å².